The van der Waals surface area contributed by atoms with Crippen molar-refractivity contribution in [2.45, 2.75) is 31.8 Å². The molecule has 1 aromatic rings. The van der Waals surface area contributed by atoms with Crippen molar-refractivity contribution in [3.8, 4) is 11.5 Å². The van der Waals surface area contributed by atoms with Crippen LogP contribution in [0.5, 0.6) is 11.5 Å². The number of piperidine rings is 1. The Bertz CT molecular complexity index is 403. The van der Waals surface area contributed by atoms with E-state index < -0.39 is 0 Å². The van der Waals surface area contributed by atoms with E-state index in [4.69, 9.17) is 15.2 Å². The van der Waals surface area contributed by atoms with Crippen LogP contribution in [-0.2, 0) is 0 Å². The molecule has 2 rings (SSSR count). The number of para-hydroxylation sites is 1. The van der Waals surface area contributed by atoms with Crippen molar-refractivity contribution >= 4 is 0 Å². The standard InChI is InChI=1S/C15H24N2O2/c1-11(9-16)13-6-3-7-14(15(13)18-2)19-12-5-4-8-17-10-12/h3,6-7,11-12,17H,4-5,8-10,16H2,1-2H3. The fourth-order valence-corrected chi connectivity index (χ4v) is 2.46. The molecule has 0 aliphatic carbocycles. The van der Waals surface area contributed by atoms with E-state index in [0.717, 1.165) is 43.0 Å². The van der Waals surface area contributed by atoms with Gasteiger partial charge in [-0.2, -0.15) is 0 Å². The first-order chi connectivity index (χ1) is 9.26. The SMILES string of the molecule is COc1c(OC2CCCNC2)cccc1C(C)CN. The third-order valence-electron chi connectivity index (χ3n) is 3.64. The van der Waals surface area contributed by atoms with Gasteiger partial charge in [0.1, 0.15) is 6.10 Å². The summed E-state index contributed by atoms with van der Waals surface area (Å²) in [5, 5.41) is 3.36. The predicted octanol–water partition coefficient (Wildman–Crippen LogP) is 1.89. The zero-order chi connectivity index (χ0) is 13.7. The molecule has 106 valence electrons. The van der Waals surface area contributed by atoms with Gasteiger partial charge in [-0.25, -0.2) is 0 Å². The Labute approximate surface area is 115 Å². The van der Waals surface area contributed by atoms with Crippen LogP contribution < -0.4 is 20.5 Å². The summed E-state index contributed by atoms with van der Waals surface area (Å²) in [7, 11) is 1.69. The van der Waals surface area contributed by atoms with Gasteiger partial charge in [0, 0.05) is 12.1 Å². The fourth-order valence-electron chi connectivity index (χ4n) is 2.46. The number of ether oxygens (including phenoxy) is 2. The van der Waals surface area contributed by atoms with Gasteiger partial charge in [0.25, 0.3) is 0 Å². The maximum Gasteiger partial charge on any atom is 0.164 e. The van der Waals surface area contributed by atoms with Gasteiger partial charge in [0.15, 0.2) is 11.5 Å². The summed E-state index contributed by atoms with van der Waals surface area (Å²) in [4.78, 5) is 0. The first-order valence-electron chi connectivity index (χ1n) is 7.00. The highest BCUT2D eigenvalue weighted by Gasteiger charge is 2.19. The third-order valence-corrected chi connectivity index (χ3v) is 3.64. The number of nitrogens with two attached hydrogens (primary N) is 1. The molecule has 0 bridgehead atoms. The summed E-state index contributed by atoms with van der Waals surface area (Å²) < 4.78 is 11.6. The highest BCUT2D eigenvalue weighted by Crippen LogP contribution is 2.36. The van der Waals surface area contributed by atoms with E-state index in [1.165, 1.54) is 0 Å². The number of hydrogen-bond acceptors (Lipinski definition) is 4. The smallest absolute Gasteiger partial charge is 0.164 e. The van der Waals surface area contributed by atoms with Gasteiger partial charge in [-0.1, -0.05) is 19.1 Å². The largest absolute Gasteiger partial charge is 0.493 e. The normalized spacial score (nSPS) is 20.9. The molecule has 0 spiro atoms. The first kappa shape index (κ1) is 14.2. The van der Waals surface area contributed by atoms with E-state index >= 15 is 0 Å². The summed E-state index contributed by atoms with van der Waals surface area (Å²) in [6.07, 6.45) is 2.48. The minimum Gasteiger partial charge on any atom is -0.493 e. The average Bonchev–Trinajstić information content (AvgIpc) is 2.47. The Hall–Kier alpha value is -1.26. The van der Waals surface area contributed by atoms with Gasteiger partial charge in [-0.05, 0) is 37.9 Å². The molecule has 1 heterocycles. The number of nitrogens with one attached hydrogen (secondary N) is 1. The van der Waals surface area contributed by atoms with Gasteiger partial charge in [0.2, 0.25) is 0 Å². The van der Waals surface area contributed by atoms with E-state index in [-0.39, 0.29) is 12.0 Å². The van der Waals surface area contributed by atoms with E-state index in [1.54, 1.807) is 7.11 Å². The van der Waals surface area contributed by atoms with Crippen LogP contribution in [0.4, 0.5) is 0 Å². The van der Waals surface area contributed by atoms with Crippen LogP contribution in [0.15, 0.2) is 18.2 Å². The molecule has 1 aliphatic rings. The molecule has 1 aromatic carbocycles. The van der Waals surface area contributed by atoms with Crippen LogP contribution >= 0.6 is 0 Å². The molecule has 3 N–H and O–H groups in total. The fraction of sp³-hybridized carbons (Fsp3) is 0.600. The van der Waals surface area contributed by atoms with Gasteiger partial charge < -0.3 is 20.5 Å². The zero-order valence-corrected chi connectivity index (χ0v) is 11.8. The summed E-state index contributed by atoms with van der Waals surface area (Å²) in [5.41, 5.74) is 6.87. The maximum absolute atomic E-state index is 6.08. The molecule has 1 aliphatic heterocycles. The highest BCUT2D eigenvalue weighted by atomic mass is 16.5. The molecule has 2 unspecified atom stereocenters. The topological polar surface area (TPSA) is 56.5 Å². The van der Waals surface area contributed by atoms with Crippen LogP contribution in [0.3, 0.4) is 0 Å². The van der Waals surface area contributed by atoms with Gasteiger partial charge in [0.05, 0.1) is 7.11 Å². The summed E-state index contributed by atoms with van der Waals surface area (Å²) in [5.74, 6) is 1.92. The Balaban J connectivity index is 2.19. The predicted molar refractivity (Wildman–Crippen MR) is 77.0 cm³/mol. The number of methoxy groups -OCH3 is 1. The molecule has 0 aromatic heterocycles. The van der Waals surface area contributed by atoms with Gasteiger partial charge >= 0.3 is 0 Å². The quantitative estimate of drug-likeness (QED) is 0.852. The van der Waals surface area contributed by atoms with E-state index in [2.05, 4.69) is 18.3 Å². The van der Waals surface area contributed by atoms with Crippen molar-refractivity contribution in [2.24, 2.45) is 5.73 Å². The van der Waals surface area contributed by atoms with Crippen LogP contribution in [0.2, 0.25) is 0 Å². The Kier molecular flexibility index (Phi) is 5.05. The molecule has 1 saturated heterocycles. The molecular formula is C15H24N2O2. The van der Waals surface area contributed by atoms with Crippen LogP contribution in [0.25, 0.3) is 0 Å². The second kappa shape index (κ2) is 6.78. The van der Waals surface area contributed by atoms with Crippen molar-refractivity contribution < 1.29 is 9.47 Å². The molecule has 4 nitrogen and oxygen atoms in total. The lowest BCUT2D eigenvalue weighted by Crippen LogP contribution is -2.37. The molecule has 0 amide bonds. The molecular weight excluding hydrogens is 240 g/mol. The lowest BCUT2D eigenvalue weighted by Gasteiger charge is -2.26. The summed E-state index contributed by atoms with van der Waals surface area (Å²) in [6.45, 7) is 4.69. The van der Waals surface area contributed by atoms with Gasteiger partial charge in [-0.3, -0.25) is 0 Å². The first-order valence-corrected chi connectivity index (χ1v) is 7.00. The number of benzene rings is 1. The zero-order valence-electron chi connectivity index (χ0n) is 11.8. The van der Waals surface area contributed by atoms with Crippen LogP contribution in [-0.4, -0.2) is 32.8 Å². The maximum atomic E-state index is 6.08. The number of hydrogen-bond donors (Lipinski definition) is 2. The Morgan fingerprint density at radius 2 is 2.32 bits per heavy atom. The average molecular weight is 264 g/mol. The lowest BCUT2D eigenvalue weighted by atomic mass is 10.00. The molecule has 1 fully saturated rings. The Morgan fingerprint density at radius 3 is 2.95 bits per heavy atom. The minimum atomic E-state index is 0.228. The summed E-state index contributed by atoms with van der Waals surface area (Å²) in [6, 6.07) is 6.04. The second-order valence-corrected chi connectivity index (χ2v) is 5.10. The van der Waals surface area contributed by atoms with E-state index in [1.807, 2.05) is 12.1 Å². The van der Waals surface area contributed by atoms with Crippen molar-refractivity contribution in [3.05, 3.63) is 23.8 Å². The van der Waals surface area contributed by atoms with Crippen molar-refractivity contribution in [1.29, 1.82) is 0 Å². The van der Waals surface area contributed by atoms with Crippen LogP contribution in [0, 0.1) is 0 Å². The highest BCUT2D eigenvalue weighted by molar-refractivity contribution is 5.48. The van der Waals surface area contributed by atoms with Gasteiger partial charge in [-0.15, -0.1) is 0 Å². The molecule has 4 heteroatoms. The third kappa shape index (κ3) is 3.39. The molecule has 0 radical (unpaired) electrons. The second-order valence-electron chi connectivity index (χ2n) is 5.10. The van der Waals surface area contributed by atoms with E-state index in [9.17, 15) is 0 Å². The van der Waals surface area contributed by atoms with Crippen molar-refractivity contribution in [2.75, 3.05) is 26.7 Å². The monoisotopic (exact) mass is 264 g/mol. The molecule has 19 heavy (non-hydrogen) atoms. The molecule has 2 atom stereocenters. The summed E-state index contributed by atoms with van der Waals surface area (Å²) >= 11 is 0. The minimum absolute atomic E-state index is 0.228. The van der Waals surface area contributed by atoms with Crippen molar-refractivity contribution in [3.63, 3.8) is 0 Å². The van der Waals surface area contributed by atoms with Crippen LogP contribution in [0.1, 0.15) is 31.2 Å². The lowest BCUT2D eigenvalue weighted by molar-refractivity contribution is 0.161. The van der Waals surface area contributed by atoms with E-state index in [0.29, 0.717) is 6.54 Å². The Morgan fingerprint density at radius 1 is 1.47 bits per heavy atom. The number of rotatable bonds is 5. The molecule has 0 saturated carbocycles. The van der Waals surface area contributed by atoms with Crippen molar-refractivity contribution in [1.82, 2.24) is 5.32 Å².